The maximum atomic E-state index is 12.3. The van der Waals surface area contributed by atoms with Crippen LogP contribution in [0.1, 0.15) is 11.6 Å². The molecule has 0 saturated heterocycles. The van der Waals surface area contributed by atoms with Gasteiger partial charge in [-0.1, -0.05) is 15.9 Å². The van der Waals surface area contributed by atoms with Crippen LogP contribution in [0.4, 0.5) is 10.1 Å². The first-order valence-electron chi connectivity index (χ1n) is 3.62. The van der Waals surface area contributed by atoms with E-state index in [1.807, 2.05) is 0 Å². The number of halogens is 3. The van der Waals surface area contributed by atoms with E-state index < -0.39 is 12.7 Å². The fraction of sp³-hybridized carbons (Fsp3) is 0.250. The Hall–Kier alpha value is -0.130. The summed E-state index contributed by atoms with van der Waals surface area (Å²) in [6, 6.07) is 2.86. The van der Waals surface area contributed by atoms with Crippen molar-refractivity contribution in [2.75, 3.05) is 12.4 Å². The highest BCUT2D eigenvalue weighted by atomic mass is 79.9. The number of alkyl halides is 1. The highest BCUT2D eigenvalue weighted by Crippen LogP contribution is 2.31. The molecule has 0 aliphatic carbocycles. The quantitative estimate of drug-likeness (QED) is 0.825. The molecule has 4 N–H and O–H groups in total. The molecule has 0 aliphatic rings. The summed E-state index contributed by atoms with van der Waals surface area (Å²) < 4.78 is 13.9. The summed E-state index contributed by atoms with van der Waals surface area (Å²) in [6.07, 6.45) is 0. The van der Waals surface area contributed by atoms with Gasteiger partial charge in [0.2, 0.25) is 0 Å². The molecule has 0 aliphatic heterocycles. The molecule has 13 heavy (non-hydrogen) atoms. The first kappa shape index (κ1) is 10.9. The van der Waals surface area contributed by atoms with Gasteiger partial charge in [-0.25, -0.2) is 4.39 Å². The Morgan fingerprint density at radius 1 is 1.38 bits per heavy atom. The van der Waals surface area contributed by atoms with E-state index in [9.17, 15) is 4.39 Å². The molecular weight excluding hydrogens is 303 g/mol. The largest absolute Gasteiger partial charge is 0.398 e. The minimum Gasteiger partial charge on any atom is -0.398 e. The zero-order valence-corrected chi connectivity index (χ0v) is 9.90. The number of rotatable bonds is 2. The molecule has 5 heteroatoms. The highest BCUT2D eigenvalue weighted by Gasteiger charge is 2.12. The minimum atomic E-state index is -0.659. The standard InChI is InChI=1S/C8H9Br2FN2/c9-4-1-5(7(12)3-11)8(13)6(10)2-4/h1-2,7H,3,12-13H2/t7-/m1/s1. The van der Waals surface area contributed by atoms with E-state index in [0.717, 1.165) is 8.95 Å². The second-order valence-electron chi connectivity index (χ2n) is 2.65. The summed E-state index contributed by atoms with van der Waals surface area (Å²) >= 11 is 6.54. The number of hydrogen-bond donors (Lipinski definition) is 2. The molecule has 0 bridgehead atoms. The molecule has 0 radical (unpaired) electrons. The van der Waals surface area contributed by atoms with Crippen LogP contribution in [-0.4, -0.2) is 6.67 Å². The zero-order chi connectivity index (χ0) is 10.0. The molecule has 2 nitrogen and oxygen atoms in total. The van der Waals surface area contributed by atoms with Gasteiger partial charge in [0, 0.05) is 8.95 Å². The van der Waals surface area contributed by atoms with Crippen molar-refractivity contribution in [3.63, 3.8) is 0 Å². The van der Waals surface area contributed by atoms with E-state index in [1.165, 1.54) is 0 Å². The molecule has 1 atom stereocenters. The molecule has 1 rings (SSSR count). The van der Waals surface area contributed by atoms with Gasteiger partial charge in [-0.3, -0.25) is 0 Å². The predicted molar refractivity (Wildman–Crippen MR) is 59.2 cm³/mol. The Kier molecular flexibility index (Phi) is 3.70. The van der Waals surface area contributed by atoms with Crippen molar-refractivity contribution in [3.8, 4) is 0 Å². The van der Waals surface area contributed by atoms with Gasteiger partial charge in [0.25, 0.3) is 0 Å². The van der Waals surface area contributed by atoms with Gasteiger partial charge in [-0.05, 0) is 33.6 Å². The van der Waals surface area contributed by atoms with E-state index in [1.54, 1.807) is 12.1 Å². The third-order valence-electron chi connectivity index (χ3n) is 1.69. The fourth-order valence-corrected chi connectivity index (χ4v) is 2.25. The molecule has 0 fully saturated rings. The summed E-state index contributed by atoms with van der Waals surface area (Å²) in [5, 5.41) is 0. The van der Waals surface area contributed by atoms with Crippen molar-refractivity contribution in [2.45, 2.75) is 6.04 Å². The normalized spacial score (nSPS) is 12.9. The molecule has 0 saturated carbocycles. The van der Waals surface area contributed by atoms with E-state index in [0.29, 0.717) is 11.3 Å². The lowest BCUT2D eigenvalue weighted by molar-refractivity contribution is 0.437. The first-order valence-corrected chi connectivity index (χ1v) is 5.20. The van der Waals surface area contributed by atoms with Gasteiger partial charge in [-0.15, -0.1) is 0 Å². The van der Waals surface area contributed by atoms with E-state index in [-0.39, 0.29) is 0 Å². The Morgan fingerprint density at radius 2 is 2.00 bits per heavy atom. The topological polar surface area (TPSA) is 52.0 Å². The molecule has 1 aromatic rings. The third-order valence-corrected chi connectivity index (χ3v) is 2.81. The Morgan fingerprint density at radius 3 is 2.54 bits per heavy atom. The fourth-order valence-electron chi connectivity index (χ4n) is 0.995. The van der Waals surface area contributed by atoms with Crippen LogP contribution in [0.5, 0.6) is 0 Å². The second kappa shape index (κ2) is 4.39. The molecule has 0 aromatic heterocycles. The maximum Gasteiger partial charge on any atom is 0.109 e. The Bertz CT molecular complexity index is 317. The van der Waals surface area contributed by atoms with E-state index in [4.69, 9.17) is 11.5 Å². The molecular formula is C8H9Br2FN2. The predicted octanol–water partition coefficient (Wildman–Crippen LogP) is 2.76. The second-order valence-corrected chi connectivity index (χ2v) is 4.42. The smallest absolute Gasteiger partial charge is 0.109 e. The van der Waals surface area contributed by atoms with Gasteiger partial charge in [0.15, 0.2) is 0 Å². The highest BCUT2D eigenvalue weighted by molar-refractivity contribution is 9.11. The number of nitrogens with two attached hydrogens (primary N) is 2. The van der Waals surface area contributed by atoms with Crippen molar-refractivity contribution in [1.82, 2.24) is 0 Å². The van der Waals surface area contributed by atoms with Gasteiger partial charge in [0.05, 0.1) is 11.7 Å². The van der Waals surface area contributed by atoms with Gasteiger partial charge < -0.3 is 11.5 Å². The van der Waals surface area contributed by atoms with Crippen LogP contribution in [0.15, 0.2) is 21.1 Å². The van der Waals surface area contributed by atoms with Crippen LogP contribution >= 0.6 is 31.9 Å². The van der Waals surface area contributed by atoms with Crippen LogP contribution < -0.4 is 11.5 Å². The van der Waals surface area contributed by atoms with Crippen LogP contribution in [0.25, 0.3) is 0 Å². The SMILES string of the molecule is Nc1c(Br)cc(Br)cc1[C@H](N)CF. The number of anilines is 1. The average Bonchev–Trinajstić information content (AvgIpc) is 2.10. The number of nitrogen functional groups attached to an aromatic ring is 1. The third kappa shape index (κ3) is 2.42. The zero-order valence-electron chi connectivity index (χ0n) is 6.73. The minimum absolute atomic E-state index is 0.494. The van der Waals surface area contributed by atoms with Crippen molar-refractivity contribution < 1.29 is 4.39 Å². The number of benzene rings is 1. The summed E-state index contributed by atoms with van der Waals surface area (Å²) in [7, 11) is 0. The number of hydrogen-bond acceptors (Lipinski definition) is 2. The Labute approximate surface area is 92.7 Å². The average molecular weight is 312 g/mol. The van der Waals surface area contributed by atoms with Crippen LogP contribution in [0, 0.1) is 0 Å². The summed E-state index contributed by atoms with van der Waals surface area (Å²) in [5.74, 6) is 0. The lowest BCUT2D eigenvalue weighted by Crippen LogP contribution is -2.14. The monoisotopic (exact) mass is 310 g/mol. The van der Waals surface area contributed by atoms with Crippen molar-refractivity contribution in [1.29, 1.82) is 0 Å². The van der Waals surface area contributed by atoms with Gasteiger partial charge in [-0.2, -0.15) is 0 Å². The first-order chi connectivity index (χ1) is 6.06. The van der Waals surface area contributed by atoms with Crippen LogP contribution in [0.3, 0.4) is 0 Å². The van der Waals surface area contributed by atoms with E-state index >= 15 is 0 Å². The molecule has 0 spiro atoms. The molecule has 0 heterocycles. The van der Waals surface area contributed by atoms with Crippen molar-refractivity contribution >= 4 is 37.5 Å². The van der Waals surface area contributed by atoms with Crippen molar-refractivity contribution in [3.05, 3.63) is 26.6 Å². The lowest BCUT2D eigenvalue weighted by Gasteiger charge is -2.12. The van der Waals surface area contributed by atoms with Gasteiger partial charge >= 0.3 is 0 Å². The lowest BCUT2D eigenvalue weighted by atomic mass is 10.1. The molecule has 0 unspecified atom stereocenters. The summed E-state index contributed by atoms with van der Waals surface area (Å²) in [5.41, 5.74) is 12.4. The summed E-state index contributed by atoms with van der Waals surface area (Å²) in [6.45, 7) is -0.618. The molecule has 0 amide bonds. The summed E-state index contributed by atoms with van der Waals surface area (Å²) in [4.78, 5) is 0. The Balaban J connectivity index is 3.20. The van der Waals surface area contributed by atoms with Gasteiger partial charge in [0.1, 0.15) is 6.67 Å². The van der Waals surface area contributed by atoms with Crippen molar-refractivity contribution in [2.24, 2.45) is 5.73 Å². The van der Waals surface area contributed by atoms with E-state index in [2.05, 4.69) is 31.9 Å². The molecule has 72 valence electrons. The maximum absolute atomic E-state index is 12.3. The van der Waals surface area contributed by atoms with Crippen LogP contribution in [0.2, 0.25) is 0 Å². The molecule has 1 aromatic carbocycles. The van der Waals surface area contributed by atoms with Crippen LogP contribution in [-0.2, 0) is 0 Å².